The minimum atomic E-state index is -0.261. The van der Waals surface area contributed by atoms with E-state index in [-0.39, 0.29) is 23.9 Å². The van der Waals surface area contributed by atoms with Crippen molar-refractivity contribution in [1.82, 2.24) is 10.2 Å². The van der Waals surface area contributed by atoms with E-state index in [9.17, 15) is 9.59 Å². The van der Waals surface area contributed by atoms with Gasteiger partial charge in [-0.15, -0.1) is 0 Å². The molecule has 1 saturated heterocycles. The van der Waals surface area contributed by atoms with Gasteiger partial charge in [-0.1, -0.05) is 38.1 Å². The number of benzene rings is 1. The number of piperidine rings is 1. The molecule has 1 aliphatic heterocycles. The van der Waals surface area contributed by atoms with Gasteiger partial charge in [0.05, 0.1) is 6.04 Å². The molecule has 0 bridgehead atoms. The largest absolute Gasteiger partial charge is 0.299 e. The standard InChI is InChI=1S/C17H24N2O2/c1-4-12-6-8-13(9-7-12)14(5-2)18-15-10-11-16(20)19(3)17(15)21/h6-9,14-15,18H,4-5,10-11H2,1-3H3. The van der Waals surface area contributed by atoms with Gasteiger partial charge in [-0.2, -0.15) is 0 Å². The summed E-state index contributed by atoms with van der Waals surface area (Å²) in [6.45, 7) is 4.24. The molecule has 4 heteroatoms. The Hall–Kier alpha value is -1.68. The van der Waals surface area contributed by atoms with Crippen molar-refractivity contribution in [1.29, 1.82) is 0 Å². The smallest absolute Gasteiger partial charge is 0.246 e. The van der Waals surface area contributed by atoms with E-state index in [0.717, 1.165) is 12.8 Å². The van der Waals surface area contributed by atoms with Crippen LogP contribution >= 0.6 is 0 Å². The van der Waals surface area contributed by atoms with E-state index in [1.54, 1.807) is 7.05 Å². The molecule has 1 fully saturated rings. The lowest BCUT2D eigenvalue weighted by Crippen LogP contribution is -2.52. The number of likely N-dealkylation sites (N-methyl/N-ethyl adjacent to an activating group) is 1. The first-order valence-corrected chi connectivity index (χ1v) is 7.72. The van der Waals surface area contributed by atoms with E-state index < -0.39 is 0 Å². The van der Waals surface area contributed by atoms with Gasteiger partial charge in [0, 0.05) is 19.5 Å². The van der Waals surface area contributed by atoms with E-state index in [1.807, 2.05) is 0 Å². The monoisotopic (exact) mass is 288 g/mol. The fourth-order valence-electron chi connectivity index (χ4n) is 2.75. The van der Waals surface area contributed by atoms with Gasteiger partial charge in [0.25, 0.3) is 0 Å². The van der Waals surface area contributed by atoms with Gasteiger partial charge in [-0.05, 0) is 30.4 Å². The van der Waals surface area contributed by atoms with Crippen molar-refractivity contribution in [3.8, 4) is 0 Å². The second-order valence-electron chi connectivity index (χ2n) is 5.60. The van der Waals surface area contributed by atoms with Gasteiger partial charge in [-0.25, -0.2) is 0 Å². The maximum Gasteiger partial charge on any atom is 0.246 e. The van der Waals surface area contributed by atoms with E-state index in [4.69, 9.17) is 0 Å². The van der Waals surface area contributed by atoms with Crippen LogP contribution in [0.4, 0.5) is 0 Å². The average Bonchev–Trinajstić information content (AvgIpc) is 2.52. The third-order valence-electron chi connectivity index (χ3n) is 4.25. The van der Waals surface area contributed by atoms with Crippen molar-refractivity contribution in [2.75, 3.05) is 7.05 Å². The van der Waals surface area contributed by atoms with Gasteiger partial charge in [0.2, 0.25) is 11.8 Å². The molecule has 1 aliphatic rings. The Morgan fingerprint density at radius 2 is 1.90 bits per heavy atom. The third kappa shape index (κ3) is 3.50. The summed E-state index contributed by atoms with van der Waals surface area (Å²) in [6, 6.07) is 8.41. The highest BCUT2D eigenvalue weighted by atomic mass is 16.2. The molecule has 21 heavy (non-hydrogen) atoms. The lowest BCUT2D eigenvalue weighted by Gasteiger charge is -2.31. The van der Waals surface area contributed by atoms with Crippen LogP contribution in [-0.4, -0.2) is 29.8 Å². The Morgan fingerprint density at radius 1 is 1.24 bits per heavy atom. The number of hydrogen-bond acceptors (Lipinski definition) is 3. The number of amides is 2. The Bertz CT molecular complexity index is 510. The maximum absolute atomic E-state index is 12.2. The molecule has 1 aromatic carbocycles. The Labute approximate surface area is 126 Å². The van der Waals surface area contributed by atoms with Gasteiger partial charge in [-0.3, -0.25) is 19.8 Å². The minimum Gasteiger partial charge on any atom is -0.299 e. The van der Waals surface area contributed by atoms with Crippen molar-refractivity contribution in [3.05, 3.63) is 35.4 Å². The number of rotatable bonds is 5. The fraction of sp³-hybridized carbons (Fsp3) is 0.529. The number of carbonyl (C=O) groups is 2. The second-order valence-corrected chi connectivity index (χ2v) is 5.60. The molecule has 0 spiro atoms. The first kappa shape index (κ1) is 15.7. The third-order valence-corrected chi connectivity index (χ3v) is 4.25. The molecule has 114 valence electrons. The van der Waals surface area contributed by atoms with Gasteiger partial charge >= 0.3 is 0 Å². The highest BCUT2D eigenvalue weighted by Crippen LogP contribution is 2.21. The lowest BCUT2D eigenvalue weighted by atomic mass is 9.98. The number of nitrogens with one attached hydrogen (secondary N) is 1. The zero-order chi connectivity index (χ0) is 15.4. The average molecular weight is 288 g/mol. The number of carbonyl (C=O) groups excluding carboxylic acids is 2. The molecule has 2 unspecified atom stereocenters. The SMILES string of the molecule is CCc1ccc(C(CC)NC2CCC(=O)N(C)C2=O)cc1. The molecule has 1 aromatic rings. The van der Waals surface area contributed by atoms with Crippen LogP contribution in [0, 0.1) is 0 Å². The van der Waals surface area contributed by atoms with Crippen LogP contribution in [0.3, 0.4) is 0 Å². The van der Waals surface area contributed by atoms with E-state index in [1.165, 1.54) is 16.0 Å². The fourth-order valence-corrected chi connectivity index (χ4v) is 2.75. The molecule has 0 saturated carbocycles. The van der Waals surface area contributed by atoms with Gasteiger partial charge < -0.3 is 0 Å². The molecule has 1 heterocycles. The van der Waals surface area contributed by atoms with Crippen molar-refractivity contribution < 1.29 is 9.59 Å². The number of likely N-dealkylation sites (tertiary alicyclic amines) is 1. The molecule has 2 atom stereocenters. The number of nitrogens with zero attached hydrogens (tertiary/aromatic N) is 1. The zero-order valence-corrected chi connectivity index (χ0v) is 13.1. The molecule has 0 radical (unpaired) electrons. The first-order chi connectivity index (χ1) is 10.1. The Kier molecular flexibility index (Phi) is 5.12. The van der Waals surface area contributed by atoms with E-state index in [0.29, 0.717) is 12.8 Å². The summed E-state index contributed by atoms with van der Waals surface area (Å²) in [5.74, 6) is -0.201. The molecular weight excluding hydrogens is 264 g/mol. The van der Waals surface area contributed by atoms with Crippen LogP contribution in [0.1, 0.15) is 50.3 Å². The zero-order valence-electron chi connectivity index (χ0n) is 13.1. The van der Waals surface area contributed by atoms with Crippen LogP contribution in [0.25, 0.3) is 0 Å². The predicted molar refractivity (Wildman–Crippen MR) is 82.8 cm³/mol. The predicted octanol–water partition coefficient (Wildman–Crippen LogP) is 2.44. The van der Waals surface area contributed by atoms with Crippen LogP contribution in [-0.2, 0) is 16.0 Å². The van der Waals surface area contributed by atoms with E-state index >= 15 is 0 Å². The molecule has 1 N–H and O–H groups in total. The van der Waals surface area contributed by atoms with E-state index in [2.05, 4.69) is 43.4 Å². The highest BCUT2D eigenvalue weighted by molar-refractivity contribution is 6.00. The molecule has 2 amide bonds. The lowest BCUT2D eigenvalue weighted by molar-refractivity contribution is -0.148. The quantitative estimate of drug-likeness (QED) is 0.847. The Balaban J connectivity index is 2.07. The topological polar surface area (TPSA) is 49.4 Å². The van der Waals surface area contributed by atoms with Gasteiger partial charge in [0.15, 0.2) is 0 Å². The first-order valence-electron chi connectivity index (χ1n) is 7.72. The number of aryl methyl sites for hydroxylation is 1. The maximum atomic E-state index is 12.2. The highest BCUT2D eigenvalue weighted by Gasteiger charge is 2.32. The van der Waals surface area contributed by atoms with Crippen LogP contribution in [0.2, 0.25) is 0 Å². The summed E-state index contributed by atoms with van der Waals surface area (Å²) in [5.41, 5.74) is 2.51. The van der Waals surface area contributed by atoms with Crippen LogP contribution in [0.5, 0.6) is 0 Å². The summed E-state index contributed by atoms with van der Waals surface area (Å²) in [7, 11) is 1.56. The second kappa shape index (κ2) is 6.85. The van der Waals surface area contributed by atoms with Crippen LogP contribution < -0.4 is 5.32 Å². The van der Waals surface area contributed by atoms with Crippen molar-refractivity contribution >= 4 is 11.8 Å². The summed E-state index contributed by atoms with van der Waals surface area (Å²) in [4.78, 5) is 24.9. The summed E-state index contributed by atoms with van der Waals surface area (Å²) >= 11 is 0. The number of imide groups is 1. The molecular formula is C17H24N2O2. The summed E-state index contributed by atoms with van der Waals surface area (Å²) in [5, 5.41) is 3.42. The normalized spacial score (nSPS) is 20.7. The molecule has 0 aliphatic carbocycles. The molecule has 0 aromatic heterocycles. The van der Waals surface area contributed by atoms with Crippen molar-refractivity contribution in [2.24, 2.45) is 0 Å². The van der Waals surface area contributed by atoms with Crippen molar-refractivity contribution in [3.63, 3.8) is 0 Å². The number of hydrogen-bond donors (Lipinski definition) is 1. The minimum absolute atomic E-state index is 0.0848. The van der Waals surface area contributed by atoms with Crippen molar-refractivity contribution in [2.45, 2.75) is 51.6 Å². The van der Waals surface area contributed by atoms with Crippen LogP contribution in [0.15, 0.2) is 24.3 Å². The molecule has 2 rings (SSSR count). The Morgan fingerprint density at radius 3 is 2.48 bits per heavy atom. The summed E-state index contributed by atoms with van der Waals surface area (Å²) in [6.07, 6.45) is 2.96. The molecule has 4 nitrogen and oxygen atoms in total. The summed E-state index contributed by atoms with van der Waals surface area (Å²) < 4.78 is 0. The van der Waals surface area contributed by atoms with Gasteiger partial charge in [0.1, 0.15) is 0 Å².